The van der Waals surface area contributed by atoms with Crippen LogP contribution < -0.4 is 0 Å². The molecule has 0 radical (unpaired) electrons. The van der Waals surface area contributed by atoms with Crippen LogP contribution in [0.25, 0.3) is 0 Å². The summed E-state index contributed by atoms with van der Waals surface area (Å²) in [5, 5.41) is 10.6. The molecule has 0 fully saturated rings. The van der Waals surface area contributed by atoms with Crippen LogP contribution in [0.15, 0.2) is 24.3 Å². The first-order chi connectivity index (χ1) is 44.7. The summed E-state index contributed by atoms with van der Waals surface area (Å²) in [6, 6.07) is 0. The first-order valence-corrected chi connectivity index (χ1v) is 40.6. The number of unbranched alkanes of at least 4 members (excludes halogenated alkanes) is 43. The molecule has 0 heterocycles. The minimum Gasteiger partial charge on any atom is -0.462 e. The molecule has 2 unspecified atom stereocenters. The quantitative estimate of drug-likeness (QED) is 0.0169. The molecular weight excluding hydrogens is 1210 g/mol. The van der Waals surface area contributed by atoms with Gasteiger partial charge >= 0.3 is 39.5 Å². The first-order valence-electron chi connectivity index (χ1n) is 37.6. The van der Waals surface area contributed by atoms with E-state index in [4.69, 9.17) is 37.0 Å². The summed E-state index contributed by atoms with van der Waals surface area (Å²) in [6.07, 6.45) is 59.2. The second-order valence-electron chi connectivity index (χ2n) is 25.6. The molecule has 0 rings (SSSR count). The van der Waals surface area contributed by atoms with Gasteiger partial charge in [-0.2, -0.15) is 0 Å². The van der Waals surface area contributed by atoms with E-state index in [1.165, 1.54) is 167 Å². The van der Waals surface area contributed by atoms with E-state index in [0.29, 0.717) is 25.7 Å². The van der Waals surface area contributed by atoms with Crippen molar-refractivity contribution in [3.05, 3.63) is 24.3 Å². The predicted octanol–water partition coefficient (Wildman–Crippen LogP) is 21.0. The Morgan fingerprint density at radius 1 is 0.304 bits per heavy atom. The highest BCUT2D eigenvalue weighted by atomic mass is 31.2. The van der Waals surface area contributed by atoms with Gasteiger partial charge in [-0.1, -0.05) is 309 Å². The Labute approximate surface area is 561 Å². The third-order valence-corrected chi connectivity index (χ3v) is 18.4. The zero-order valence-electron chi connectivity index (χ0n) is 59.0. The van der Waals surface area contributed by atoms with Crippen molar-refractivity contribution < 1.29 is 80.2 Å². The Morgan fingerprint density at radius 3 is 0.793 bits per heavy atom. The van der Waals surface area contributed by atoms with Crippen LogP contribution in [0, 0.1) is 0 Å². The van der Waals surface area contributed by atoms with Crippen molar-refractivity contribution in [3.63, 3.8) is 0 Å². The van der Waals surface area contributed by atoms with Gasteiger partial charge in [0, 0.05) is 25.7 Å². The van der Waals surface area contributed by atoms with E-state index in [1.807, 2.05) is 0 Å². The molecule has 0 saturated heterocycles. The maximum Gasteiger partial charge on any atom is 0.472 e. The molecule has 5 atom stereocenters. The Morgan fingerprint density at radius 2 is 0.522 bits per heavy atom. The smallest absolute Gasteiger partial charge is 0.462 e. The monoisotopic (exact) mass is 1350 g/mol. The van der Waals surface area contributed by atoms with Crippen molar-refractivity contribution in [2.24, 2.45) is 0 Å². The molecule has 0 aromatic heterocycles. The maximum atomic E-state index is 13.0. The van der Waals surface area contributed by atoms with Crippen molar-refractivity contribution in [2.75, 3.05) is 39.6 Å². The van der Waals surface area contributed by atoms with Gasteiger partial charge in [-0.15, -0.1) is 0 Å². The molecule has 3 N–H and O–H groups in total. The van der Waals surface area contributed by atoms with Gasteiger partial charge in [0.25, 0.3) is 0 Å². The lowest BCUT2D eigenvalue weighted by Crippen LogP contribution is -2.30. The fourth-order valence-electron chi connectivity index (χ4n) is 10.7. The van der Waals surface area contributed by atoms with Crippen LogP contribution in [0.5, 0.6) is 0 Å². The number of phosphoric ester groups is 2. The predicted molar refractivity (Wildman–Crippen MR) is 372 cm³/mol. The summed E-state index contributed by atoms with van der Waals surface area (Å²) in [7, 11) is -9.91. The number of phosphoric acid groups is 2. The molecule has 92 heavy (non-hydrogen) atoms. The lowest BCUT2D eigenvalue weighted by atomic mass is 10.0. The van der Waals surface area contributed by atoms with Crippen LogP contribution in [0.1, 0.15) is 362 Å². The highest BCUT2D eigenvalue weighted by Crippen LogP contribution is 2.45. The summed E-state index contributed by atoms with van der Waals surface area (Å²) >= 11 is 0. The largest absolute Gasteiger partial charge is 0.472 e. The van der Waals surface area contributed by atoms with Gasteiger partial charge < -0.3 is 33.8 Å². The molecule has 542 valence electrons. The van der Waals surface area contributed by atoms with Gasteiger partial charge in [0.1, 0.15) is 19.3 Å². The lowest BCUT2D eigenvalue weighted by Gasteiger charge is -2.21. The number of aliphatic hydroxyl groups excluding tert-OH is 1. The zero-order chi connectivity index (χ0) is 67.5. The van der Waals surface area contributed by atoms with Crippen LogP contribution in [0.3, 0.4) is 0 Å². The molecule has 0 aromatic carbocycles. The van der Waals surface area contributed by atoms with Crippen LogP contribution >= 0.6 is 15.6 Å². The average Bonchev–Trinajstić information content (AvgIpc) is 3.37. The van der Waals surface area contributed by atoms with Crippen LogP contribution in [0.2, 0.25) is 0 Å². The van der Waals surface area contributed by atoms with E-state index >= 15 is 0 Å². The molecule has 0 amide bonds. The van der Waals surface area contributed by atoms with Crippen molar-refractivity contribution in [2.45, 2.75) is 380 Å². The second kappa shape index (κ2) is 67.1. The summed E-state index contributed by atoms with van der Waals surface area (Å²) in [4.78, 5) is 72.5. The number of ether oxygens (including phenoxy) is 4. The van der Waals surface area contributed by atoms with Crippen molar-refractivity contribution >= 4 is 39.5 Å². The molecule has 0 aliphatic carbocycles. The first kappa shape index (κ1) is 89.5. The third-order valence-electron chi connectivity index (χ3n) is 16.5. The van der Waals surface area contributed by atoms with E-state index in [2.05, 4.69) is 52.0 Å². The summed E-state index contributed by atoms with van der Waals surface area (Å²) in [5.74, 6) is -2.15. The molecule has 0 aromatic rings. The number of hydrogen-bond acceptors (Lipinski definition) is 15. The minimum atomic E-state index is -4.96. The van der Waals surface area contributed by atoms with Crippen molar-refractivity contribution in [1.82, 2.24) is 0 Å². The Hall–Kier alpha value is -2.46. The van der Waals surface area contributed by atoms with E-state index < -0.39 is 97.5 Å². The number of rotatable bonds is 72. The summed E-state index contributed by atoms with van der Waals surface area (Å²) in [5.41, 5.74) is 0. The molecule has 0 saturated carbocycles. The number of aliphatic hydroxyl groups is 1. The standard InChI is InChI=1S/C73H138O17P2/c1-5-9-13-17-21-25-28-30-32-33-34-35-37-39-41-44-48-52-56-60-73(78)90-69(64-84-71(76)58-54-50-46-43-40-38-36-31-29-26-22-18-14-10-6-2)66-88-92(81,82)86-62-67(74)61-85-91(79,80)87-65-68(63-83-70(75)57-53-49-45-24-20-16-12-8-4)89-72(77)59-55-51-47-42-27-23-19-15-11-7-3/h26,29,31,36,67-69,74H,5-25,27-28,30,32-35,37-66H2,1-4H3,(H,79,80)(H,81,82)/b29-26-,36-31-/t67-,68+,69+/m0/s1. The fourth-order valence-corrected chi connectivity index (χ4v) is 12.3. The second-order valence-corrected chi connectivity index (χ2v) is 28.6. The van der Waals surface area contributed by atoms with E-state index in [-0.39, 0.29) is 25.7 Å². The third kappa shape index (κ3) is 66.2. The highest BCUT2D eigenvalue weighted by molar-refractivity contribution is 7.47. The summed E-state index contributed by atoms with van der Waals surface area (Å²) < 4.78 is 68.2. The molecule has 17 nitrogen and oxygen atoms in total. The van der Waals surface area contributed by atoms with Crippen LogP contribution in [0.4, 0.5) is 0 Å². The normalized spacial score (nSPS) is 14.1. The molecule has 19 heteroatoms. The minimum absolute atomic E-state index is 0.102. The Kier molecular flexibility index (Phi) is 65.3. The zero-order valence-corrected chi connectivity index (χ0v) is 60.8. The van der Waals surface area contributed by atoms with E-state index in [1.54, 1.807) is 0 Å². The molecular formula is C73H138O17P2. The lowest BCUT2D eigenvalue weighted by molar-refractivity contribution is -0.161. The van der Waals surface area contributed by atoms with Gasteiger partial charge in [-0.25, -0.2) is 9.13 Å². The van der Waals surface area contributed by atoms with E-state index in [9.17, 15) is 43.2 Å². The number of carbonyl (C=O) groups is 4. The molecule has 0 aliphatic heterocycles. The molecule has 0 bridgehead atoms. The van der Waals surface area contributed by atoms with Crippen LogP contribution in [-0.2, 0) is 65.4 Å². The molecule has 0 aliphatic rings. The van der Waals surface area contributed by atoms with Gasteiger partial charge in [-0.3, -0.25) is 37.3 Å². The van der Waals surface area contributed by atoms with Gasteiger partial charge in [-0.05, 0) is 51.4 Å². The van der Waals surface area contributed by atoms with Gasteiger partial charge in [0.15, 0.2) is 12.2 Å². The number of esters is 4. The Bertz CT molecular complexity index is 1850. The summed E-state index contributed by atoms with van der Waals surface area (Å²) in [6.45, 7) is 4.86. The van der Waals surface area contributed by atoms with E-state index in [0.717, 1.165) is 116 Å². The van der Waals surface area contributed by atoms with Gasteiger partial charge in [0.2, 0.25) is 0 Å². The topological polar surface area (TPSA) is 237 Å². The highest BCUT2D eigenvalue weighted by Gasteiger charge is 2.30. The van der Waals surface area contributed by atoms with Crippen LogP contribution in [-0.4, -0.2) is 96.7 Å². The number of carbonyl (C=O) groups excluding carboxylic acids is 4. The van der Waals surface area contributed by atoms with Crippen molar-refractivity contribution in [1.29, 1.82) is 0 Å². The van der Waals surface area contributed by atoms with Crippen molar-refractivity contribution in [3.8, 4) is 0 Å². The fraction of sp³-hybridized carbons (Fsp3) is 0.890. The van der Waals surface area contributed by atoms with Gasteiger partial charge in [0.05, 0.1) is 26.4 Å². The SMILES string of the molecule is CCCCCC/C=C\C=C/CCCCCCCC(=O)OC[C@H](COP(=O)(O)OC[C@@H](O)COP(=O)(O)OC[C@@H](COC(=O)CCCCCCCCCC)OC(=O)CCCCCCCCCCCC)OC(=O)CCCCCCCCCCCCCCCCCCCCC. The maximum absolute atomic E-state index is 13.0. The number of allylic oxidation sites excluding steroid dienone is 4. The number of hydrogen-bond donors (Lipinski definition) is 3. The average molecular weight is 1350 g/mol. The Balaban J connectivity index is 5.22. The molecule has 0 spiro atoms.